The van der Waals surface area contributed by atoms with Crippen LogP contribution in [0.3, 0.4) is 0 Å². The van der Waals surface area contributed by atoms with Gasteiger partial charge in [0.25, 0.3) is 0 Å². The second kappa shape index (κ2) is 10.6. The molecule has 0 fully saturated rings. The first-order valence-electron chi connectivity index (χ1n) is 10.6. The molecule has 0 saturated heterocycles. The van der Waals surface area contributed by atoms with Crippen molar-refractivity contribution in [1.29, 1.82) is 0 Å². The molecular weight excluding hydrogens is 396 g/mol. The molecule has 0 aliphatic heterocycles. The van der Waals surface area contributed by atoms with E-state index in [0.717, 1.165) is 12.8 Å². The average Bonchev–Trinajstić information content (AvgIpc) is 2.77. The summed E-state index contributed by atoms with van der Waals surface area (Å²) in [6, 6.07) is 13.1. The highest BCUT2D eigenvalue weighted by Crippen LogP contribution is 2.34. The highest BCUT2D eigenvalue weighted by atomic mass is 16.6. The third kappa shape index (κ3) is 5.81. The maximum atomic E-state index is 12.5. The maximum absolute atomic E-state index is 12.5. The summed E-state index contributed by atoms with van der Waals surface area (Å²) in [6.07, 6.45) is 3.68. The molecule has 31 heavy (non-hydrogen) atoms. The van der Waals surface area contributed by atoms with E-state index in [-0.39, 0.29) is 29.8 Å². The van der Waals surface area contributed by atoms with Crippen molar-refractivity contribution >= 4 is 22.9 Å². The number of para-hydroxylation sites is 1. The molecule has 0 amide bonds. The Labute approximate surface area is 180 Å². The number of fused-ring (bicyclic) bond motifs is 1. The molecule has 0 bridgehead atoms. The SMILES string of the molecule is CCCCC(=O)Oc1ccc(-c2cc(=O)c3ccccc3o2)cc1OC(=O)CCCC. The molecule has 0 radical (unpaired) electrons. The van der Waals surface area contributed by atoms with E-state index in [0.29, 0.717) is 35.1 Å². The predicted octanol–water partition coefficient (Wildman–Crippen LogP) is 5.65. The lowest BCUT2D eigenvalue weighted by atomic mass is 10.1. The molecule has 3 aromatic rings. The van der Waals surface area contributed by atoms with Crippen LogP contribution in [0.2, 0.25) is 0 Å². The highest BCUT2D eigenvalue weighted by molar-refractivity contribution is 5.80. The van der Waals surface area contributed by atoms with Crippen molar-refractivity contribution in [2.24, 2.45) is 0 Å². The molecule has 0 aliphatic rings. The van der Waals surface area contributed by atoms with Crippen LogP contribution in [-0.4, -0.2) is 11.9 Å². The number of ether oxygens (including phenoxy) is 2. The summed E-state index contributed by atoms with van der Waals surface area (Å²) < 4.78 is 16.8. The molecule has 2 aromatic carbocycles. The number of rotatable bonds is 9. The fraction of sp³-hybridized carbons (Fsp3) is 0.320. The maximum Gasteiger partial charge on any atom is 0.311 e. The number of benzene rings is 2. The van der Waals surface area contributed by atoms with Gasteiger partial charge < -0.3 is 13.9 Å². The smallest absolute Gasteiger partial charge is 0.311 e. The van der Waals surface area contributed by atoms with Crippen LogP contribution in [-0.2, 0) is 9.59 Å². The first-order valence-corrected chi connectivity index (χ1v) is 10.6. The molecule has 6 nitrogen and oxygen atoms in total. The normalized spacial score (nSPS) is 10.8. The minimum atomic E-state index is -0.412. The largest absolute Gasteiger partial charge is 0.456 e. The number of hydrogen-bond acceptors (Lipinski definition) is 6. The van der Waals surface area contributed by atoms with Crippen molar-refractivity contribution < 1.29 is 23.5 Å². The molecule has 0 atom stereocenters. The van der Waals surface area contributed by atoms with Gasteiger partial charge in [-0.1, -0.05) is 38.8 Å². The Balaban J connectivity index is 1.96. The second-order valence-corrected chi connectivity index (χ2v) is 7.29. The fourth-order valence-electron chi connectivity index (χ4n) is 3.06. The van der Waals surface area contributed by atoms with Gasteiger partial charge in [0.05, 0.1) is 5.39 Å². The monoisotopic (exact) mass is 422 g/mol. The summed E-state index contributed by atoms with van der Waals surface area (Å²) in [7, 11) is 0. The molecule has 0 N–H and O–H groups in total. The Kier molecular flexibility index (Phi) is 7.60. The van der Waals surface area contributed by atoms with Gasteiger partial charge in [0.2, 0.25) is 0 Å². The van der Waals surface area contributed by atoms with Gasteiger partial charge in [-0.25, -0.2) is 0 Å². The van der Waals surface area contributed by atoms with Gasteiger partial charge in [0.15, 0.2) is 16.9 Å². The van der Waals surface area contributed by atoms with E-state index in [2.05, 4.69) is 0 Å². The molecule has 0 spiro atoms. The molecule has 0 unspecified atom stereocenters. The van der Waals surface area contributed by atoms with Gasteiger partial charge in [-0.2, -0.15) is 0 Å². The third-order valence-electron chi connectivity index (χ3n) is 4.78. The number of esters is 2. The highest BCUT2D eigenvalue weighted by Gasteiger charge is 2.16. The molecule has 6 heteroatoms. The Morgan fingerprint density at radius 3 is 2.16 bits per heavy atom. The molecule has 1 heterocycles. The van der Waals surface area contributed by atoms with Gasteiger partial charge in [-0.15, -0.1) is 0 Å². The molecular formula is C25H26O6. The summed E-state index contributed by atoms with van der Waals surface area (Å²) in [5.41, 5.74) is 0.824. The molecule has 1 aromatic heterocycles. The van der Waals surface area contributed by atoms with Crippen LogP contribution in [0.5, 0.6) is 11.5 Å². The van der Waals surface area contributed by atoms with Gasteiger partial charge in [0.1, 0.15) is 11.3 Å². The summed E-state index contributed by atoms with van der Waals surface area (Å²) >= 11 is 0. The molecule has 0 aliphatic carbocycles. The van der Waals surface area contributed by atoms with Crippen molar-refractivity contribution in [2.45, 2.75) is 52.4 Å². The Morgan fingerprint density at radius 2 is 1.48 bits per heavy atom. The minimum Gasteiger partial charge on any atom is -0.456 e. The summed E-state index contributed by atoms with van der Waals surface area (Å²) in [6.45, 7) is 3.97. The van der Waals surface area contributed by atoms with E-state index in [9.17, 15) is 14.4 Å². The van der Waals surface area contributed by atoms with Gasteiger partial charge in [0, 0.05) is 24.5 Å². The van der Waals surface area contributed by atoms with E-state index in [1.807, 2.05) is 13.8 Å². The third-order valence-corrected chi connectivity index (χ3v) is 4.78. The van der Waals surface area contributed by atoms with E-state index >= 15 is 0 Å². The zero-order valence-electron chi connectivity index (χ0n) is 17.8. The first kappa shape index (κ1) is 22.3. The van der Waals surface area contributed by atoms with Crippen LogP contribution in [0.15, 0.2) is 57.7 Å². The van der Waals surface area contributed by atoms with Crippen molar-refractivity contribution in [1.82, 2.24) is 0 Å². The van der Waals surface area contributed by atoms with E-state index < -0.39 is 11.9 Å². The second-order valence-electron chi connectivity index (χ2n) is 7.29. The van der Waals surface area contributed by atoms with Gasteiger partial charge >= 0.3 is 11.9 Å². The average molecular weight is 422 g/mol. The minimum absolute atomic E-state index is 0.124. The number of hydrogen-bond donors (Lipinski definition) is 0. The summed E-state index contributed by atoms with van der Waals surface area (Å²) in [5.74, 6) is -0.182. The van der Waals surface area contributed by atoms with Crippen LogP contribution in [0.25, 0.3) is 22.3 Å². The first-order chi connectivity index (χ1) is 15.0. The lowest BCUT2D eigenvalue weighted by molar-refractivity contribution is -0.137. The van der Waals surface area contributed by atoms with E-state index in [1.54, 1.807) is 42.5 Å². The lowest BCUT2D eigenvalue weighted by Gasteiger charge is -2.12. The standard InChI is InChI=1S/C25H26O6/c1-3-5-11-24(27)30-21-14-13-17(15-23(21)31-25(28)12-6-4-2)22-16-19(26)18-9-7-8-10-20(18)29-22/h7-10,13-16H,3-6,11-12H2,1-2H3. The van der Waals surface area contributed by atoms with E-state index in [1.165, 1.54) is 6.07 Å². The van der Waals surface area contributed by atoms with Crippen molar-refractivity contribution in [3.05, 3.63) is 58.8 Å². The predicted molar refractivity (Wildman–Crippen MR) is 118 cm³/mol. The van der Waals surface area contributed by atoms with Crippen LogP contribution < -0.4 is 14.9 Å². The number of carbonyl (C=O) groups excluding carboxylic acids is 2. The topological polar surface area (TPSA) is 82.8 Å². The Hall–Kier alpha value is -3.41. The quantitative estimate of drug-likeness (QED) is 0.327. The van der Waals surface area contributed by atoms with Crippen LogP contribution in [0.1, 0.15) is 52.4 Å². The molecule has 162 valence electrons. The number of unbranched alkanes of at least 4 members (excludes halogenated alkanes) is 2. The van der Waals surface area contributed by atoms with Crippen molar-refractivity contribution in [3.8, 4) is 22.8 Å². The Morgan fingerprint density at radius 1 is 0.839 bits per heavy atom. The summed E-state index contributed by atoms with van der Waals surface area (Å²) in [5, 5.41) is 0.485. The van der Waals surface area contributed by atoms with Crippen LogP contribution in [0, 0.1) is 0 Å². The zero-order chi connectivity index (χ0) is 22.2. The van der Waals surface area contributed by atoms with Crippen molar-refractivity contribution in [3.63, 3.8) is 0 Å². The van der Waals surface area contributed by atoms with Gasteiger partial charge in [-0.3, -0.25) is 14.4 Å². The van der Waals surface area contributed by atoms with Crippen LogP contribution >= 0.6 is 0 Å². The Bertz CT molecular complexity index is 1130. The van der Waals surface area contributed by atoms with Gasteiger partial charge in [-0.05, 0) is 43.2 Å². The van der Waals surface area contributed by atoms with E-state index in [4.69, 9.17) is 13.9 Å². The van der Waals surface area contributed by atoms with Crippen LogP contribution in [0.4, 0.5) is 0 Å². The fourth-order valence-corrected chi connectivity index (χ4v) is 3.06. The molecule has 0 saturated carbocycles. The zero-order valence-corrected chi connectivity index (χ0v) is 17.8. The molecule has 3 rings (SSSR count). The summed E-state index contributed by atoms with van der Waals surface area (Å²) in [4.78, 5) is 36.8. The number of carbonyl (C=O) groups is 2. The van der Waals surface area contributed by atoms with Crippen molar-refractivity contribution in [2.75, 3.05) is 0 Å². The lowest BCUT2D eigenvalue weighted by Crippen LogP contribution is -2.12.